The summed E-state index contributed by atoms with van der Waals surface area (Å²) in [5.41, 5.74) is 8.19. The summed E-state index contributed by atoms with van der Waals surface area (Å²) in [5, 5.41) is 14.8. The zero-order chi connectivity index (χ0) is 26.2. The van der Waals surface area contributed by atoms with Crippen molar-refractivity contribution in [2.75, 3.05) is 11.9 Å². The van der Waals surface area contributed by atoms with Gasteiger partial charge in [-0.05, 0) is 40.4 Å². The van der Waals surface area contributed by atoms with Crippen molar-refractivity contribution in [2.45, 2.75) is 72.5 Å². The molecule has 4 rings (SSSR count). The molecular weight excluding hydrogens is 450 g/mol. The van der Waals surface area contributed by atoms with Crippen LogP contribution in [0, 0.1) is 11.8 Å². The Morgan fingerprint density at radius 3 is 2.33 bits per heavy atom. The van der Waals surface area contributed by atoms with Crippen molar-refractivity contribution in [1.82, 2.24) is 10.4 Å². The average molecular weight is 490 g/mol. The van der Waals surface area contributed by atoms with Crippen molar-refractivity contribution in [1.29, 1.82) is 0 Å². The number of rotatable bonds is 8. The molecule has 2 aliphatic rings. The highest BCUT2D eigenvalue weighted by Crippen LogP contribution is 2.39. The van der Waals surface area contributed by atoms with E-state index in [1.165, 1.54) is 10.6 Å². The first-order chi connectivity index (χ1) is 17.0. The summed E-state index contributed by atoms with van der Waals surface area (Å²) in [5.74, 6) is 2.12. The monoisotopic (exact) mass is 489 g/mol. The molecule has 0 saturated carbocycles. The molecule has 1 unspecified atom stereocenters. The number of nitrogens with one attached hydrogen (secondary N) is 2. The second-order valence-corrected chi connectivity index (χ2v) is 11.0. The fourth-order valence-corrected chi connectivity index (χ4v) is 5.09. The summed E-state index contributed by atoms with van der Waals surface area (Å²) >= 11 is 0. The maximum absolute atomic E-state index is 12.9. The molecule has 2 aromatic rings. The SMILES string of the molecule is CC(C)c1ccc(O)cc1NCC1=NC2N=C(c3ccc(C(C)(C(C)C)C(C)C)cc3)NN2C(=O)C1. The summed E-state index contributed by atoms with van der Waals surface area (Å²) in [7, 11) is 0. The fourth-order valence-electron chi connectivity index (χ4n) is 5.09. The van der Waals surface area contributed by atoms with Gasteiger partial charge in [-0.3, -0.25) is 10.2 Å². The quantitative estimate of drug-likeness (QED) is 0.462. The molecule has 2 aromatic carbocycles. The highest BCUT2D eigenvalue weighted by Gasteiger charge is 2.36. The van der Waals surface area contributed by atoms with Crippen molar-refractivity contribution >= 4 is 23.1 Å². The number of hydrogen-bond acceptors (Lipinski definition) is 6. The average Bonchev–Trinajstić information content (AvgIpc) is 3.27. The van der Waals surface area contributed by atoms with Gasteiger partial charge in [0.2, 0.25) is 12.2 Å². The van der Waals surface area contributed by atoms with Crippen LogP contribution < -0.4 is 10.7 Å². The minimum absolute atomic E-state index is 0.0608. The molecular formula is C29H39N5O2. The van der Waals surface area contributed by atoms with Crippen molar-refractivity contribution < 1.29 is 9.90 Å². The normalized spacial score (nSPS) is 17.9. The lowest BCUT2D eigenvalue weighted by atomic mass is 9.66. The van der Waals surface area contributed by atoms with Crippen molar-refractivity contribution in [3.63, 3.8) is 0 Å². The molecule has 0 fully saturated rings. The summed E-state index contributed by atoms with van der Waals surface area (Å²) in [6, 6.07) is 13.8. The molecule has 0 saturated heterocycles. The third-order valence-electron chi connectivity index (χ3n) is 7.94. The van der Waals surface area contributed by atoms with Gasteiger partial charge in [-0.1, -0.05) is 78.8 Å². The van der Waals surface area contributed by atoms with E-state index in [-0.39, 0.29) is 23.5 Å². The van der Waals surface area contributed by atoms with Gasteiger partial charge in [-0.25, -0.2) is 15.0 Å². The number of carbonyl (C=O) groups excluding carboxylic acids is 1. The zero-order valence-electron chi connectivity index (χ0n) is 22.5. The third kappa shape index (κ3) is 4.84. The molecule has 2 heterocycles. The van der Waals surface area contributed by atoms with Crippen molar-refractivity contribution in [3.05, 3.63) is 59.2 Å². The van der Waals surface area contributed by atoms with E-state index >= 15 is 0 Å². The Balaban J connectivity index is 1.51. The molecule has 7 heteroatoms. The van der Waals surface area contributed by atoms with Crippen LogP contribution in [0.2, 0.25) is 0 Å². The Hall–Kier alpha value is -3.35. The molecule has 192 valence electrons. The first kappa shape index (κ1) is 25.7. The van der Waals surface area contributed by atoms with E-state index in [4.69, 9.17) is 9.98 Å². The highest BCUT2D eigenvalue weighted by atomic mass is 16.3. The van der Waals surface area contributed by atoms with Crippen LogP contribution in [0.5, 0.6) is 5.75 Å². The Morgan fingerprint density at radius 1 is 1.06 bits per heavy atom. The molecule has 36 heavy (non-hydrogen) atoms. The molecule has 0 aliphatic carbocycles. The van der Waals surface area contributed by atoms with Crippen molar-refractivity contribution in [2.24, 2.45) is 21.8 Å². The topological polar surface area (TPSA) is 89.3 Å². The number of fused-ring (bicyclic) bond motifs is 1. The number of hydrazine groups is 1. The number of phenolic OH excluding ortho intramolecular Hbond substituents is 1. The number of amidine groups is 1. The second kappa shape index (κ2) is 9.96. The summed E-state index contributed by atoms with van der Waals surface area (Å²) in [4.78, 5) is 22.3. The van der Waals surface area contributed by atoms with Gasteiger partial charge in [-0.15, -0.1) is 0 Å². The van der Waals surface area contributed by atoms with E-state index in [2.05, 4.69) is 83.5 Å². The molecule has 0 aromatic heterocycles. The van der Waals surface area contributed by atoms with Gasteiger partial charge in [0.05, 0.1) is 13.0 Å². The Labute approximate surface area is 214 Å². The minimum Gasteiger partial charge on any atom is -0.508 e. The van der Waals surface area contributed by atoms with E-state index in [0.717, 1.165) is 22.5 Å². The van der Waals surface area contributed by atoms with Gasteiger partial charge < -0.3 is 10.4 Å². The molecule has 2 aliphatic heterocycles. The number of anilines is 1. The molecule has 3 N–H and O–H groups in total. The van der Waals surface area contributed by atoms with Crippen LogP contribution in [0.15, 0.2) is 52.4 Å². The fraction of sp³-hybridized carbons (Fsp3) is 0.483. The molecule has 7 nitrogen and oxygen atoms in total. The van der Waals surface area contributed by atoms with Crippen molar-refractivity contribution in [3.8, 4) is 5.75 Å². The first-order valence-corrected chi connectivity index (χ1v) is 12.9. The van der Waals surface area contributed by atoms with Gasteiger partial charge >= 0.3 is 0 Å². The van der Waals surface area contributed by atoms with Gasteiger partial charge in [0.15, 0.2) is 5.84 Å². The number of benzene rings is 2. The number of nitrogens with zero attached hydrogens (tertiary/aromatic N) is 3. The van der Waals surface area contributed by atoms with E-state index in [9.17, 15) is 9.90 Å². The standard InChI is InChI=1S/C29H39N5O2/c1-17(2)24-13-12-23(35)15-25(24)30-16-22-14-26(36)34-28(31-22)32-27(33-34)20-8-10-21(11-9-20)29(7,18(3)4)19(5)6/h8-13,15,17-19,28,30,35H,14,16H2,1-7H3,(H,32,33). The second-order valence-electron chi connectivity index (χ2n) is 11.0. The van der Waals surface area contributed by atoms with E-state index in [0.29, 0.717) is 30.1 Å². The maximum atomic E-state index is 12.9. The van der Waals surface area contributed by atoms with Crippen LogP contribution in [0.1, 0.15) is 77.5 Å². The lowest BCUT2D eigenvalue weighted by Gasteiger charge is -2.38. The summed E-state index contributed by atoms with van der Waals surface area (Å²) in [6.07, 6.45) is -0.391. The predicted octanol–water partition coefficient (Wildman–Crippen LogP) is 5.42. The van der Waals surface area contributed by atoms with Crippen LogP contribution in [-0.2, 0) is 10.2 Å². The maximum Gasteiger partial charge on any atom is 0.250 e. The van der Waals surface area contributed by atoms with E-state index < -0.39 is 6.29 Å². The van der Waals surface area contributed by atoms with Crippen LogP contribution in [0.4, 0.5) is 5.69 Å². The van der Waals surface area contributed by atoms with E-state index in [1.54, 1.807) is 12.1 Å². The van der Waals surface area contributed by atoms with Gasteiger partial charge in [-0.2, -0.15) is 0 Å². The number of amides is 1. The number of phenols is 1. The molecule has 0 bridgehead atoms. The first-order valence-electron chi connectivity index (χ1n) is 12.9. The lowest BCUT2D eigenvalue weighted by Crippen LogP contribution is -2.49. The number of hydrogen-bond donors (Lipinski definition) is 3. The molecule has 1 amide bonds. The molecule has 0 spiro atoms. The Kier molecular flexibility index (Phi) is 7.12. The molecule has 0 radical (unpaired) electrons. The zero-order valence-corrected chi connectivity index (χ0v) is 22.5. The largest absolute Gasteiger partial charge is 0.508 e. The van der Waals surface area contributed by atoms with Crippen LogP contribution >= 0.6 is 0 Å². The predicted molar refractivity (Wildman–Crippen MR) is 147 cm³/mol. The lowest BCUT2D eigenvalue weighted by molar-refractivity contribution is -0.133. The van der Waals surface area contributed by atoms with Crippen LogP contribution in [0.25, 0.3) is 0 Å². The van der Waals surface area contributed by atoms with Gasteiger partial charge in [0.1, 0.15) is 5.75 Å². The number of aromatic hydroxyl groups is 1. The van der Waals surface area contributed by atoms with Crippen LogP contribution in [0.3, 0.4) is 0 Å². The molecule has 1 atom stereocenters. The smallest absolute Gasteiger partial charge is 0.250 e. The number of carbonyl (C=O) groups is 1. The highest BCUT2D eigenvalue weighted by molar-refractivity contribution is 6.08. The van der Waals surface area contributed by atoms with Gasteiger partial charge in [0.25, 0.3) is 0 Å². The number of aliphatic imine (C=N–C) groups is 2. The van der Waals surface area contributed by atoms with E-state index in [1.807, 2.05) is 6.07 Å². The Bertz CT molecular complexity index is 1170. The van der Waals surface area contributed by atoms with Crippen LogP contribution in [-0.4, -0.2) is 40.4 Å². The summed E-state index contributed by atoms with van der Waals surface area (Å²) in [6.45, 7) is 16.0. The summed E-state index contributed by atoms with van der Waals surface area (Å²) < 4.78 is 0. The third-order valence-corrected chi connectivity index (χ3v) is 7.94. The minimum atomic E-state index is -0.608. The van der Waals surface area contributed by atoms with Gasteiger partial charge in [0, 0.05) is 23.0 Å². The Morgan fingerprint density at radius 2 is 1.72 bits per heavy atom.